The average Bonchev–Trinajstić information content (AvgIpc) is 2.66. The van der Waals surface area contributed by atoms with Gasteiger partial charge in [0.1, 0.15) is 5.69 Å². The maximum absolute atomic E-state index is 11.9. The molecule has 1 aromatic heterocycles. The maximum atomic E-state index is 11.9. The van der Waals surface area contributed by atoms with Gasteiger partial charge in [0.25, 0.3) is 5.91 Å². The zero-order chi connectivity index (χ0) is 13.7. The fourth-order valence-corrected chi connectivity index (χ4v) is 1.59. The fraction of sp³-hybridized carbons (Fsp3) is 0.583. The van der Waals surface area contributed by atoms with Crippen molar-refractivity contribution in [1.29, 1.82) is 0 Å². The van der Waals surface area contributed by atoms with Crippen molar-refractivity contribution in [3.05, 3.63) is 17.5 Å². The topological polar surface area (TPSA) is 76.0 Å². The summed E-state index contributed by atoms with van der Waals surface area (Å²) in [6, 6.07) is 1.77. The lowest BCUT2D eigenvalue weighted by atomic mass is 10.3. The summed E-state index contributed by atoms with van der Waals surface area (Å²) in [6.45, 7) is 8.08. The number of hydrogen-bond acceptors (Lipinski definition) is 3. The number of carbonyl (C=O) groups is 2. The van der Waals surface area contributed by atoms with Crippen LogP contribution < -0.4 is 10.6 Å². The van der Waals surface area contributed by atoms with Crippen LogP contribution in [0, 0.1) is 6.92 Å². The van der Waals surface area contributed by atoms with Gasteiger partial charge in [0.2, 0.25) is 5.91 Å². The van der Waals surface area contributed by atoms with E-state index in [4.69, 9.17) is 0 Å². The van der Waals surface area contributed by atoms with Crippen LogP contribution in [0.4, 0.5) is 0 Å². The van der Waals surface area contributed by atoms with Gasteiger partial charge in [0.15, 0.2) is 0 Å². The largest absolute Gasteiger partial charge is 0.352 e. The summed E-state index contributed by atoms with van der Waals surface area (Å²) in [7, 11) is 0. The van der Waals surface area contributed by atoms with E-state index in [-0.39, 0.29) is 24.4 Å². The first-order valence-corrected chi connectivity index (χ1v) is 6.06. The lowest BCUT2D eigenvalue weighted by Gasteiger charge is -2.09. The molecule has 6 heteroatoms. The highest BCUT2D eigenvalue weighted by Gasteiger charge is 2.14. The van der Waals surface area contributed by atoms with Crippen LogP contribution in [0.15, 0.2) is 6.07 Å². The van der Waals surface area contributed by atoms with Crippen molar-refractivity contribution < 1.29 is 9.59 Å². The van der Waals surface area contributed by atoms with Gasteiger partial charge in [-0.05, 0) is 33.8 Å². The molecule has 2 N–H and O–H groups in total. The third-order valence-corrected chi connectivity index (χ3v) is 2.29. The van der Waals surface area contributed by atoms with Gasteiger partial charge in [-0.15, -0.1) is 0 Å². The van der Waals surface area contributed by atoms with Crippen molar-refractivity contribution in [2.24, 2.45) is 0 Å². The lowest BCUT2D eigenvalue weighted by Crippen LogP contribution is -2.40. The van der Waals surface area contributed by atoms with Gasteiger partial charge in [-0.1, -0.05) is 0 Å². The van der Waals surface area contributed by atoms with Gasteiger partial charge in [-0.2, -0.15) is 5.10 Å². The minimum atomic E-state index is -0.281. The predicted molar refractivity (Wildman–Crippen MR) is 68.2 cm³/mol. The highest BCUT2D eigenvalue weighted by atomic mass is 16.2. The number of aromatic nitrogens is 2. The SMILES string of the molecule is CCn1nc(C)cc1C(=O)NCC(=O)NC(C)C. The second-order valence-electron chi connectivity index (χ2n) is 4.39. The Kier molecular flexibility index (Phi) is 4.88. The van der Waals surface area contributed by atoms with Crippen LogP contribution in [0.1, 0.15) is 37.0 Å². The summed E-state index contributed by atoms with van der Waals surface area (Å²) in [5, 5.41) is 9.47. The number of rotatable bonds is 5. The van der Waals surface area contributed by atoms with Crippen LogP contribution >= 0.6 is 0 Å². The summed E-state index contributed by atoms with van der Waals surface area (Å²) < 4.78 is 1.62. The molecule has 0 aliphatic carbocycles. The van der Waals surface area contributed by atoms with Crippen molar-refractivity contribution in [1.82, 2.24) is 20.4 Å². The summed E-state index contributed by atoms with van der Waals surface area (Å²) in [4.78, 5) is 23.3. The second kappa shape index (κ2) is 6.18. The summed E-state index contributed by atoms with van der Waals surface area (Å²) in [6.07, 6.45) is 0. The number of aryl methyl sites for hydroxylation is 2. The monoisotopic (exact) mass is 252 g/mol. The molecule has 0 aromatic carbocycles. The molecule has 0 saturated carbocycles. The van der Waals surface area contributed by atoms with E-state index >= 15 is 0 Å². The minimum absolute atomic E-state index is 0.0229. The first-order chi connectivity index (χ1) is 8.43. The molecule has 0 atom stereocenters. The molecule has 0 aliphatic rings. The van der Waals surface area contributed by atoms with E-state index in [2.05, 4.69) is 15.7 Å². The molecule has 1 aromatic rings. The molecule has 0 fully saturated rings. The van der Waals surface area contributed by atoms with Crippen molar-refractivity contribution in [2.45, 2.75) is 40.3 Å². The van der Waals surface area contributed by atoms with Crippen LogP contribution in [0.2, 0.25) is 0 Å². The molecule has 0 radical (unpaired) electrons. The van der Waals surface area contributed by atoms with Crippen LogP contribution in [0.3, 0.4) is 0 Å². The quantitative estimate of drug-likeness (QED) is 0.799. The Labute approximate surface area is 107 Å². The number of nitrogens with zero attached hydrogens (tertiary/aromatic N) is 2. The van der Waals surface area contributed by atoms with Gasteiger partial charge in [-0.25, -0.2) is 0 Å². The van der Waals surface area contributed by atoms with E-state index in [1.807, 2.05) is 27.7 Å². The van der Waals surface area contributed by atoms with Crippen molar-refractivity contribution in [3.8, 4) is 0 Å². The highest BCUT2D eigenvalue weighted by molar-refractivity contribution is 5.95. The Morgan fingerprint density at radius 2 is 2.11 bits per heavy atom. The standard InChI is InChI=1S/C12H20N4O2/c1-5-16-10(6-9(4)15-16)12(18)13-7-11(17)14-8(2)3/h6,8H,5,7H2,1-4H3,(H,13,18)(H,14,17). The molecule has 0 saturated heterocycles. The van der Waals surface area contributed by atoms with Crippen molar-refractivity contribution in [2.75, 3.05) is 6.54 Å². The Bertz CT molecular complexity index is 437. The van der Waals surface area contributed by atoms with E-state index in [1.165, 1.54) is 0 Å². The number of hydrogen-bond donors (Lipinski definition) is 2. The average molecular weight is 252 g/mol. The van der Waals surface area contributed by atoms with Crippen LogP contribution in [0.25, 0.3) is 0 Å². The first kappa shape index (κ1) is 14.2. The molecular formula is C12H20N4O2. The molecule has 2 amide bonds. The van der Waals surface area contributed by atoms with Gasteiger partial charge >= 0.3 is 0 Å². The minimum Gasteiger partial charge on any atom is -0.352 e. The zero-order valence-electron chi connectivity index (χ0n) is 11.3. The molecule has 100 valence electrons. The summed E-state index contributed by atoms with van der Waals surface area (Å²) in [5.74, 6) is -0.478. The molecule has 1 heterocycles. The van der Waals surface area contributed by atoms with Gasteiger partial charge in [0.05, 0.1) is 12.2 Å². The van der Waals surface area contributed by atoms with Crippen molar-refractivity contribution >= 4 is 11.8 Å². The molecule has 0 aliphatic heterocycles. The van der Waals surface area contributed by atoms with Crippen LogP contribution in [-0.2, 0) is 11.3 Å². The van der Waals surface area contributed by atoms with Crippen molar-refractivity contribution in [3.63, 3.8) is 0 Å². The second-order valence-corrected chi connectivity index (χ2v) is 4.39. The molecular weight excluding hydrogens is 232 g/mol. The third-order valence-electron chi connectivity index (χ3n) is 2.29. The Balaban J connectivity index is 2.57. The molecule has 1 rings (SSSR count). The smallest absolute Gasteiger partial charge is 0.269 e. The Hall–Kier alpha value is -1.85. The van der Waals surface area contributed by atoms with Crippen LogP contribution in [0.5, 0.6) is 0 Å². The Morgan fingerprint density at radius 3 is 2.67 bits per heavy atom. The highest BCUT2D eigenvalue weighted by Crippen LogP contribution is 2.03. The van der Waals surface area contributed by atoms with E-state index < -0.39 is 0 Å². The normalized spacial score (nSPS) is 10.5. The van der Waals surface area contributed by atoms with E-state index in [0.29, 0.717) is 12.2 Å². The van der Waals surface area contributed by atoms with E-state index in [1.54, 1.807) is 10.7 Å². The third kappa shape index (κ3) is 3.87. The molecule has 6 nitrogen and oxygen atoms in total. The predicted octanol–water partition coefficient (Wildman–Crippen LogP) is 0.466. The zero-order valence-corrected chi connectivity index (χ0v) is 11.3. The maximum Gasteiger partial charge on any atom is 0.269 e. The molecule has 0 unspecified atom stereocenters. The van der Waals surface area contributed by atoms with E-state index in [9.17, 15) is 9.59 Å². The number of amides is 2. The Morgan fingerprint density at radius 1 is 1.44 bits per heavy atom. The molecule has 0 bridgehead atoms. The van der Waals surface area contributed by atoms with Gasteiger partial charge < -0.3 is 10.6 Å². The van der Waals surface area contributed by atoms with E-state index in [0.717, 1.165) is 5.69 Å². The molecule has 18 heavy (non-hydrogen) atoms. The summed E-state index contributed by atoms with van der Waals surface area (Å²) >= 11 is 0. The first-order valence-electron chi connectivity index (χ1n) is 6.06. The van der Waals surface area contributed by atoms with Crippen LogP contribution in [-0.4, -0.2) is 34.2 Å². The number of carbonyl (C=O) groups excluding carboxylic acids is 2. The van der Waals surface area contributed by atoms with Gasteiger partial charge in [0, 0.05) is 12.6 Å². The fourth-order valence-electron chi connectivity index (χ4n) is 1.59. The molecule has 0 spiro atoms. The number of nitrogens with one attached hydrogen (secondary N) is 2. The van der Waals surface area contributed by atoms with Gasteiger partial charge in [-0.3, -0.25) is 14.3 Å². The lowest BCUT2D eigenvalue weighted by molar-refractivity contribution is -0.120. The summed E-state index contributed by atoms with van der Waals surface area (Å²) in [5.41, 5.74) is 1.26.